The maximum absolute atomic E-state index is 12.6. The van der Waals surface area contributed by atoms with Crippen LogP contribution in [0.25, 0.3) is 0 Å². The molecular formula is C8HF3N2. The molecule has 0 atom stereocenters. The zero-order valence-corrected chi connectivity index (χ0v) is 6.11. The molecule has 0 bridgehead atoms. The summed E-state index contributed by atoms with van der Waals surface area (Å²) in [4.78, 5) is 0. The minimum atomic E-state index is -1.80. The Balaban J connectivity index is 3.60. The van der Waals surface area contributed by atoms with Crippen molar-refractivity contribution in [3.8, 4) is 12.1 Å². The van der Waals surface area contributed by atoms with Crippen molar-refractivity contribution in [2.75, 3.05) is 0 Å². The molecule has 0 saturated carbocycles. The van der Waals surface area contributed by atoms with Crippen LogP contribution in [0, 0.1) is 40.1 Å². The van der Waals surface area contributed by atoms with Gasteiger partial charge in [-0.2, -0.15) is 10.5 Å². The second kappa shape index (κ2) is 3.16. The molecule has 0 N–H and O–H groups in total. The Hall–Kier alpha value is -2.01. The number of hydrogen-bond donors (Lipinski definition) is 0. The van der Waals surface area contributed by atoms with Crippen molar-refractivity contribution >= 4 is 0 Å². The minimum absolute atomic E-state index is 0.660. The number of halogens is 3. The third-order valence-electron chi connectivity index (χ3n) is 1.39. The van der Waals surface area contributed by atoms with Crippen LogP contribution in [-0.2, 0) is 0 Å². The number of hydrogen-bond acceptors (Lipinski definition) is 2. The van der Waals surface area contributed by atoms with E-state index >= 15 is 0 Å². The third kappa shape index (κ3) is 1.32. The van der Waals surface area contributed by atoms with Crippen molar-refractivity contribution in [1.29, 1.82) is 10.5 Å². The quantitative estimate of drug-likeness (QED) is 0.574. The van der Waals surface area contributed by atoms with Crippen LogP contribution in [0.4, 0.5) is 13.2 Å². The summed E-state index contributed by atoms with van der Waals surface area (Å²) in [5, 5.41) is 16.5. The van der Waals surface area contributed by atoms with Crippen LogP contribution in [0.1, 0.15) is 11.1 Å². The highest BCUT2D eigenvalue weighted by atomic mass is 19.2. The monoisotopic (exact) mass is 182 g/mol. The van der Waals surface area contributed by atoms with Gasteiger partial charge in [-0.25, -0.2) is 13.2 Å². The summed E-state index contributed by atoms with van der Waals surface area (Å²) in [6.45, 7) is 0. The number of nitrogens with zero attached hydrogens (tertiary/aromatic N) is 2. The zero-order chi connectivity index (χ0) is 10.0. The van der Waals surface area contributed by atoms with Gasteiger partial charge in [0.05, 0.1) is 11.1 Å². The van der Waals surface area contributed by atoms with E-state index in [1.807, 2.05) is 0 Å². The lowest BCUT2D eigenvalue weighted by Crippen LogP contribution is -1.98. The Labute approximate surface area is 71.4 Å². The molecular weight excluding hydrogens is 181 g/mol. The maximum atomic E-state index is 12.6. The fourth-order valence-electron chi connectivity index (χ4n) is 0.767. The van der Waals surface area contributed by atoms with Crippen LogP contribution < -0.4 is 0 Å². The highest BCUT2D eigenvalue weighted by Gasteiger charge is 2.17. The molecule has 0 amide bonds. The van der Waals surface area contributed by atoms with Crippen LogP contribution in [-0.4, -0.2) is 0 Å². The van der Waals surface area contributed by atoms with Crippen molar-refractivity contribution < 1.29 is 13.2 Å². The maximum Gasteiger partial charge on any atom is 0.197 e. The van der Waals surface area contributed by atoms with E-state index in [1.54, 1.807) is 0 Å². The van der Waals surface area contributed by atoms with E-state index in [1.165, 1.54) is 12.1 Å². The molecule has 0 aliphatic rings. The van der Waals surface area contributed by atoms with Gasteiger partial charge in [0, 0.05) is 0 Å². The van der Waals surface area contributed by atoms with Gasteiger partial charge in [-0.15, -0.1) is 0 Å². The van der Waals surface area contributed by atoms with Gasteiger partial charge in [0.1, 0.15) is 12.1 Å². The first-order valence-corrected chi connectivity index (χ1v) is 3.09. The van der Waals surface area contributed by atoms with Gasteiger partial charge >= 0.3 is 0 Å². The van der Waals surface area contributed by atoms with Crippen LogP contribution in [0.15, 0.2) is 6.07 Å². The predicted octanol–water partition coefficient (Wildman–Crippen LogP) is 1.85. The van der Waals surface area contributed by atoms with E-state index < -0.39 is 28.6 Å². The third-order valence-corrected chi connectivity index (χ3v) is 1.39. The second-order valence-electron chi connectivity index (χ2n) is 2.14. The molecule has 0 aliphatic carbocycles. The highest BCUT2D eigenvalue weighted by molar-refractivity contribution is 5.41. The first kappa shape index (κ1) is 9.08. The van der Waals surface area contributed by atoms with Crippen molar-refractivity contribution in [3.63, 3.8) is 0 Å². The molecule has 1 rings (SSSR count). The Kier molecular flexibility index (Phi) is 2.21. The molecule has 0 heterocycles. The first-order chi connectivity index (χ1) is 6.11. The largest absolute Gasteiger partial charge is 0.202 e. The lowest BCUT2D eigenvalue weighted by atomic mass is 10.1. The summed E-state index contributed by atoms with van der Waals surface area (Å²) in [5.74, 6) is -4.94. The van der Waals surface area contributed by atoms with Crippen LogP contribution >= 0.6 is 0 Å². The Bertz CT molecular complexity index is 402. The zero-order valence-electron chi connectivity index (χ0n) is 6.11. The van der Waals surface area contributed by atoms with Crippen molar-refractivity contribution in [1.82, 2.24) is 0 Å². The molecule has 0 radical (unpaired) electrons. The summed E-state index contributed by atoms with van der Waals surface area (Å²) in [6.07, 6.45) is 0. The topological polar surface area (TPSA) is 47.6 Å². The average Bonchev–Trinajstić information content (AvgIpc) is 2.15. The van der Waals surface area contributed by atoms with Crippen LogP contribution in [0.3, 0.4) is 0 Å². The van der Waals surface area contributed by atoms with Gasteiger partial charge in [-0.1, -0.05) is 0 Å². The Morgan fingerprint density at radius 2 is 1.23 bits per heavy atom. The standard InChI is InChI=1S/C8HF3N2/c9-6-4(2-12)1-5(3-13)7(10)8(6)11/h1H. The molecule has 0 fully saturated rings. The fraction of sp³-hybridized carbons (Fsp3) is 0. The molecule has 0 spiro atoms. The summed E-state index contributed by atoms with van der Waals surface area (Å²) >= 11 is 0. The Morgan fingerprint density at radius 3 is 1.54 bits per heavy atom. The van der Waals surface area contributed by atoms with Gasteiger partial charge < -0.3 is 0 Å². The molecule has 2 nitrogen and oxygen atoms in total. The van der Waals surface area contributed by atoms with Gasteiger partial charge in [-0.05, 0) is 6.07 Å². The van der Waals surface area contributed by atoms with Gasteiger partial charge in [0.15, 0.2) is 17.5 Å². The molecule has 0 saturated heterocycles. The summed E-state index contributed by atoms with van der Waals surface area (Å²) in [5.41, 5.74) is -1.37. The molecule has 0 aliphatic heterocycles. The van der Waals surface area contributed by atoms with Crippen molar-refractivity contribution in [2.24, 2.45) is 0 Å². The SMILES string of the molecule is N#Cc1cc(C#N)c(F)c(F)c1F. The second-order valence-corrected chi connectivity index (χ2v) is 2.14. The molecule has 0 aromatic heterocycles. The van der Waals surface area contributed by atoms with Gasteiger partial charge in [-0.3, -0.25) is 0 Å². The molecule has 13 heavy (non-hydrogen) atoms. The van der Waals surface area contributed by atoms with Crippen LogP contribution in [0.5, 0.6) is 0 Å². The summed E-state index contributed by atoms with van der Waals surface area (Å²) < 4.78 is 37.8. The fourth-order valence-corrected chi connectivity index (χ4v) is 0.767. The molecule has 64 valence electrons. The first-order valence-electron chi connectivity index (χ1n) is 3.09. The summed E-state index contributed by atoms with van der Waals surface area (Å²) in [6, 6.07) is 3.27. The molecule has 1 aromatic carbocycles. The molecule has 1 aromatic rings. The minimum Gasteiger partial charge on any atom is -0.202 e. The number of benzene rings is 1. The molecule has 0 unspecified atom stereocenters. The van der Waals surface area contributed by atoms with Crippen molar-refractivity contribution in [2.45, 2.75) is 0 Å². The van der Waals surface area contributed by atoms with Crippen molar-refractivity contribution in [3.05, 3.63) is 34.6 Å². The normalized spacial score (nSPS) is 9.00. The van der Waals surface area contributed by atoms with E-state index in [2.05, 4.69) is 0 Å². The predicted molar refractivity (Wildman–Crippen MR) is 35.7 cm³/mol. The van der Waals surface area contributed by atoms with Gasteiger partial charge in [0.25, 0.3) is 0 Å². The van der Waals surface area contributed by atoms with E-state index in [9.17, 15) is 13.2 Å². The number of rotatable bonds is 0. The van der Waals surface area contributed by atoms with E-state index in [0.29, 0.717) is 6.07 Å². The highest BCUT2D eigenvalue weighted by Crippen LogP contribution is 2.18. The lowest BCUT2D eigenvalue weighted by molar-refractivity contribution is 0.444. The molecule has 5 heteroatoms. The van der Waals surface area contributed by atoms with Crippen LogP contribution in [0.2, 0.25) is 0 Å². The lowest BCUT2D eigenvalue weighted by Gasteiger charge is -1.98. The van der Waals surface area contributed by atoms with E-state index in [0.717, 1.165) is 0 Å². The van der Waals surface area contributed by atoms with E-state index in [-0.39, 0.29) is 0 Å². The average molecular weight is 182 g/mol. The Morgan fingerprint density at radius 1 is 0.846 bits per heavy atom. The van der Waals surface area contributed by atoms with E-state index in [4.69, 9.17) is 10.5 Å². The van der Waals surface area contributed by atoms with Gasteiger partial charge in [0.2, 0.25) is 0 Å². The smallest absolute Gasteiger partial charge is 0.197 e. The summed E-state index contributed by atoms with van der Waals surface area (Å²) in [7, 11) is 0. The number of nitriles is 2.